The molecule has 3 N–H and O–H groups in total. The number of ether oxygens (including phenoxy) is 2. The van der Waals surface area contributed by atoms with Crippen molar-refractivity contribution in [3.05, 3.63) is 30.9 Å². The fraction of sp³-hybridized carbons (Fsp3) is 0.250. The number of amides is 1. The third-order valence-corrected chi connectivity index (χ3v) is 2.39. The molecule has 106 valence electrons. The molecule has 0 aliphatic rings. The number of rotatable bonds is 5. The van der Waals surface area contributed by atoms with Crippen LogP contribution < -0.4 is 15.8 Å². The van der Waals surface area contributed by atoms with Crippen LogP contribution in [0.2, 0.25) is 0 Å². The van der Waals surface area contributed by atoms with E-state index in [2.05, 4.69) is 15.4 Å². The van der Waals surface area contributed by atoms with Gasteiger partial charge in [-0.15, -0.1) is 0 Å². The number of alkyl carbamates (subject to hydrolysis) is 1. The first-order valence-electron chi connectivity index (χ1n) is 5.92. The minimum absolute atomic E-state index is 0.146. The SMILES string of the molecule is CNC(=O)OCCOc1cc(N)cc(-n2cncn2)c1. The van der Waals surface area contributed by atoms with E-state index in [9.17, 15) is 4.79 Å². The van der Waals surface area contributed by atoms with E-state index in [1.54, 1.807) is 29.2 Å². The minimum atomic E-state index is -0.496. The van der Waals surface area contributed by atoms with Crippen molar-refractivity contribution in [2.45, 2.75) is 0 Å². The summed E-state index contributed by atoms with van der Waals surface area (Å²) in [7, 11) is 1.49. The first-order valence-corrected chi connectivity index (χ1v) is 5.92. The average Bonchev–Trinajstić information content (AvgIpc) is 2.97. The molecule has 0 atom stereocenters. The number of carbonyl (C=O) groups is 1. The topological polar surface area (TPSA) is 104 Å². The number of nitrogens with zero attached hydrogens (tertiary/aromatic N) is 3. The van der Waals surface area contributed by atoms with Gasteiger partial charge in [-0.1, -0.05) is 0 Å². The molecule has 0 saturated heterocycles. The molecule has 0 unspecified atom stereocenters. The Morgan fingerprint density at radius 3 is 2.95 bits per heavy atom. The van der Waals surface area contributed by atoms with Crippen LogP contribution in [0, 0.1) is 0 Å². The van der Waals surface area contributed by atoms with E-state index in [-0.39, 0.29) is 13.2 Å². The van der Waals surface area contributed by atoms with Gasteiger partial charge in [0.05, 0.1) is 5.69 Å². The van der Waals surface area contributed by atoms with Gasteiger partial charge in [0.1, 0.15) is 31.6 Å². The van der Waals surface area contributed by atoms with E-state index in [0.29, 0.717) is 11.4 Å². The molecule has 0 radical (unpaired) electrons. The van der Waals surface area contributed by atoms with Gasteiger partial charge in [-0.25, -0.2) is 14.5 Å². The molecule has 2 rings (SSSR count). The van der Waals surface area contributed by atoms with Crippen LogP contribution >= 0.6 is 0 Å². The largest absolute Gasteiger partial charge is 0.490 e. The Labute approximate surface area is 115 Å². The third-order valence-electron chi connectivity index (χ3n) is 2.39. The quantitative estimate of drug-likeness (QED) is 0.612. The first-order chi connectivity index (χ1) is 9.69. The van der Waals surface area contributed by atoms with Crippen LogP contribution in [-0.2, 0) is 4.74 Å². The Bertz CT molecular complexity index is 570. The maximum Gasteiger partial charge on any atom is 0.406 e. The molecule has 20 heavy (non-hydrogen) atoms. The number of hydrogen-bond acceptors (Lipinski definition) is 6. The van der Waals surface area contributed by atoms with Gasteiger partial charge in [0, 0.05) is 24.9 Å². The highest BCUT2D eigenvalue weighted by Crippen LogP contribution is 2.21. The monoisotopic (exact) mass is 277 g/mol. The third kappa shape index (κ3) is 3.61. The number of nitrogens with two attached hydrogens (primary N) is 1. The maximum absolute atomic E-state index is 10.9. The number of aromatic nitrogens is 3. The normalized spacial score (nSPS) is 10.1. The van der Waals surface area contributed by atoms with Crippen LogP contribution in [0.1, 0.15) is 0 Å². The summed E-state index contributed by atoms with van der Waals surface area (Å²) in [5.41, 5.74) is 7.08. The van der Waals surface area contributed by atoms with Crippen molar-refractivity contribution in [2.24, 2.45) is 0 Å². The summed E-state index contributed by atoms with van der Waals surface area (Å²) in [6, 6.07) is 5.20. The van der Waals surface area contributed by atoms with Crippen LogP contribution in [0.5, 0.6) is 5.75 Å². The van der Waals surface area contributed by atoms with E-state index in [1.807, 2.05) is 0 Å². The zero-order chi connectivity index (χ0) is 14.4. The Morgan fingerprint density at radius 1 is 1.40 bits per heavy atom. The Kier molecular flexibility index (Phi) is 4.38. The lowest BCUT2D eigenvalue weighted by molar-refractivity contribution is 0.127. The summed E-state index contributed by atoms with van der Waals surface area (Å²) in [5, 5.41) is 6.36. The number of benzene rings is 1. The number of carbonyl (C=O) groups excluding carboxylic acids is 1. The highest BCUT2D eigenvalue weighted by atomic mass is 16.6. The van der Waals surface area contributed by atoms with Crippen molar-refractivity contribution in [2.75, 3.05) is 26.0 Å². The Hall–Kier alpha value is -2.77. The van der Waals surface area contributed by atoms with Gasteiger partial charge in [-0.2, -0.15) is 5.10 Å². The predicted octanol–water partition coefficient (Wildman–Crippen LogP) is 0.584. The van der Waals surface area contributed by atoms with E-state index in [0.717, 1.165) is 5.69 Å². The van der Waals surface area contributed by atoms with Crippen molar-refractivity contribution in [1.82, 2.24) is 20.1 Å². The molecule has 8 nitrogen and oxygen atoms in total. The standard InChI is InChI=1S/C12H15N5O3/c1-14-12(18)20-3-2-19-11-5-9(13)4-10(6-11)17-8-15-7-16-17/h4-8H,2-3,13H2,1H3,(H,14,18). The molecule has 2 aromatic rings. The van der Waals surface area contributed by atoms with Gasteiger partial charge in [0.15, 0.2) is 0 Å². The molecule has 8 heteroatoms. The van der Waals surface area contributed by atoms with Gasteiger partial charge < -0.3 is 20.5 Å². The molecular weight excluding hydrogens is 262 g/mol. The summed E-state index contributed by atoms with van der Waals surface area (Å²) >= 11 is 0. The number of nitrogens with one attached hydrogen (secondary N) is 1. The fourth-order valence-electron chi connectivity index (χ4n) is 1.53. The molecule has 0 bridgehead atoms. The summed E-state index contributed by atoms with van der Waals surface area (Å²) in [6.07, 6.45) is 2.50. The second-order valence-corrected chi connectivity index (χ2v) is 3.83. The number of nitrogen functional groups attached to an aromatic ring is 1. The molecule has 1 heterocycles. The Morgan fingerprint density at radius 2 is 2.25 bits per heavy atom. The zero-order valence-corrected chi connectivity index (χ0v) is 10.9. The Balaban J connectivity index is 1.97. The molecule has 0 aliphatic heterocycles. The minimum Gasteiger partial charge on any atom is -0.490 e. The second kappa shape index (κ2) is 6.41. The summed E-state index contributed by atoms with van der Waals surface area (Å²) < 4.78 is 11.9. The lowest BCUT2D eigenvalue weighted by atomic mass is 10.2. The summed E-state index contributed by atoms with van der Waals surface area (Å²) in [4.78, 5) is 14.7. The molecule has 1 aromatic heterocycles. The summed E-state index contributed by atoms with van der Waals surface area (Å²) in [6.45, 7) is 0.376. The highest BCUT2D eigenvalue weighted by molar-refractivity contribution is 5.66. The van der Waals surface area contributed by atoms with Crippen LogP contribution in [0.15, 0.2) is 30.9 Å². The van der Waals surface area contributed by atoms with Crippen LogP contribution in [0.4, 0.5) is 10.5 Å². The van der Waals surface area contributed by atoms with Gasteiger partial charge in [0.2, 0.25) is 0 Å². The first kappa shape index (κ1) is 13.7. The van der Waals surface area contributed by atoms with E-state index < -0.39 is 6.09 Å². The molecule has 0 aliphatic carbocycles. The van der Waals surface area contributed by atoms with Gasteiger partial charge >= 0.3 is 6.09 Å². The molecule has 0 fully saturated rings. The zero-order valence-electron chi connectivity index (χ0n) is 10.9. The van der Waals surface area contributed by atoms with Crippen molar-refractivity contribution >= 4 is 11.8 Å². The van der Waals surface area contributed by atoms with E-state index >= 15 is 0 Å². The van der Waals surface area contributed by atoms with Crippen LogP contribution in [0.25, 0.3) is 5.69 Å². The van der Waals surface area contributed by atoms with Gasteiger partial charge in [-0.3, -0.25) is 0 Å². The van der Waals surface area contributed by atoms with Crippen molar-refractivity contribution in [3.63, 3.8) is 0 Å². The molecule has 1 aromatic carbocycles. The van der Waals surface area contributed by atoms with Crippen LogP contribution in [-0.4, -0.2) is 41.1 Å². The maximum atomic E-state index is 10.9. The summed E-state index contributed by atoms with van der Waals surface area (Å²) in [5.74, 6) is 0.566. The van der Waals surface area contributed by atoms with Gasteiger partial charge in [0.25, 0.3) is 0 Å². The smallest absolute Gasteiger partial charge is 0.406 e. The molecular formula is C12H15N5O3. The predicted molar refractivity (Wildman–Crippen MR) is 71.7 cm³/mol. The van der Waals surface area contributed by atoms with E-state index in [1.165, 1.54) is 13.4 Å². The van der Waals surface area contributed by atoms with Gasteiger partial charge in [-0.05, 0) is 6.07 Å². The van der Waals surface area contributed by atoms with Crippen molar-refractivity contribution < 1.29 is 14.3 Å². The van der Waals surface area contributed by atoms with E-state index in [4.69, 9.17) is 15.2 Å². The fourth-order valence-corrected chi connectivity index (χ4v) is 1.53. The van der Waals surface area contributed by atoms with Crippen molar-refractivity contribution in [1.29, 1.82) is 0 Å². The lowest BCUT2D eigenvalue weighted by Gasteiger charge is -2.09. The molecule has 1 amide bonds. The molecule has 0 saturated carbocycles. The second-order valence-electron chi connectivity index (χ2n) is 3.83. The average molecular weight is 277 g/mol. The highest BCUT2D eigenvalue weighted by Gasteiger charge is 2.04. The number of anilines is 1. The molecule has 0 spiro atoms. The lowest BCUT2D eigenvalue weighted by Crippen LogP contribution is -2.21. The van der Waals surface area contributed by atoms with Crippen molar-refractivity contribution in [3.8, 4) is 11.4 Å². The number of hydrogen-bond donors (Lipinski definition) is 2. The van der Waals surface area contributed by atoms with Crippen LogP contribution in [0.3, 0.4) is 0 Å².